The Hall–Kier alpha value is -1.66. The number of nitrogens with one attached hydrogen (secondary N) is 1. The van der Waals surface area contributed by atoms with Gasteiger partial charge in [-0.1, -0.05) is 18.2 Å². The molecular formula is C15H21N5S. The molecule has 0 spiro atoms. The van der Waals surface area contributed by atoms with Gasteiger partial charge in [0.2, 0.25) is 10.7 Å². The van der Waals surface area contributed by atoms with Crippen LogP contribution in [0, 0.1) is 4.77 Å². The summed E-state index contributed by atoms with van der Waals surface area (Å²) in [7, 11) is 4.23. The molecule has 1 N–H and O–H groups in total. The van der Waals surface area contributed by atoms with Gasteiger partial charge in [-0.3, -0.25) is 4.57 Å². The van der Waals surface area contributed by atoms with Crippen molar-refractivity contribution in [2.24, 2.45) is 0 Å². The van der Waals surface area contributed by atoms with Crippen molar-refractivity contribution in [2.45, 2.75) is 18.9 Å². The second kappa shape index (κ2) is 5.99. The molecule has 3 rings (SSSR count). The van der Waals surface area contributed by atoms with E-state index in [9.17, 15) is 0 Å². The summed E-state index contributed by atoms with van der Waals surface area (Å²) in [4.78, 5) is 4.61. The average Bonchev–Trinajstić information content (AvgIpc) is 3.05. The van der Waals surface area contributed by atoms with E-state index < -0.39 is 0 Å². The monoisotopic (exact) mass is 303 g/mol. The summed E-state index contributed by atoms with van der Waals surface area (Å²) < 4.78 is 2.68. The smallest absolute Gasteiger partial charge is 0.230 e. The number of hydrogen-bond acceptors (Lipinski definition) is 4. The predicted octanol–water partition coefficient (Wildman–Crippen LogP) is 2.46. The van der Waals surface area contributed by atoms with Gasteiger partial charge < -0.3 is 9.80 Å². The fourth-order valence-corrected chi connectivity index (χ4v) is 3.23. The summed E-state index contributed by atoms with van der Waals surface area (Å²) in [5, 5.41) is 7.43. The van der Waals surface area contributed by atoms with Crippen LogP contribution in [0.1, 0.15) is 12.8 Å². The van der Waals surface area contributed by atoms with Crippen LogP contribution in [0.5, 0.6) is 0 Å². The number of nitrogens with zero attached hydrogens (tertiary/aromatic N) is 4. The first-order chi connectivity index (χ1) is 10.2. The molecule has 0 saturated carbocycles. The minimum atomic E-state index is 0.493. The Bertz CT molecular complexity index is 646. The molecule has 0 bridgehead atoms. The maximum Gasteiger partial charge on any atom is 0.230 e. The molecule has 1 saturated heterocycles. The fourth-order valence-electron chi connectivity index (χ4n) is 3.00. The van der Waals surface area contributed by atoms with Crippen LogP contribution in [-0.2, 0) is 0 Å². The SMILES string of the molecule is CN(C)CC1CCCN1c1n[nH]c(=S)n1-c1ccccc1. The predicted molar refractivity (Wildman–Crippen MR) is 87.7 cm³/mol. The van der Waals surface area contributed by atoms with Gasteiger partial charge in [-0.2, -0.15) is 0 Å². The van der Waals surface area contributed by atoms with Crippen molar-refractivity contribution in [3.05, 3.63) is 35.1 Å². The number of para-hydroxylation sites is 1. The van der Waals surface area contributed by atoms with Crippen LogP contribution in [0.3, 0.4) is 0 Å². The zero-order valence-electron chi connectivity index (χ0n) is 12.5. The van der Waals surface area contributed by atoms with E-state index in [0.29, 0.717) is 10.8 Å². The van der Waals surface area contributed by atoms with E-state index in [1.54, 1.807) is 0 Å². The number of likely N-dealkylation sites (N-methyl/N-ethyl adjacent to an activating group) is 1. The van der Waals surface area contributed by atoms with Gasteiger partial charge >= 0.3 is 0 Å². The molecule has 1 aromatic carbocycles. The minimum Gasteiger partial charge on any atom is -0.336 e. The lowest BCUT2D eigenvalue weighted by Gasteiger charge is -2.28. The molecule has 0 aliphatic carbocycles. The molecule has 6 heteroatoms. The molecule has 2 aromatic rings. The first kappa shape index (κ1) is 14.3. The zero-order valence-corrected chi connectivity index (χ0v) is 13.3. The second-order valence-corrected chi connectivity index (χ2v) is 6.14. The standard InChI is InChI=1S/C15H21N5S/c1-18(2)11-13-9-6-10-19(13)14-16-17-15(21)20(14)12-7-4-3-5-8-12/h3-5,7-8,13H,6,9-11H2,1-2H3,(H,17,21). The van der Waals surface area contributed by atoms with E-state index in [0.717, 1.165) is 24.7 Å². The van der Waals surface area contributed by atoms with Gasteiger partial charge in [-0.05, 0) is 51.3 Å². The van der Waals surface area contributed by atoms with E-state index in [1.807, 2.05) is 22.8 Å². The summed E-state index contributed by atoms with van der Waals surface area (Å²) >= 11 is 5.42. The van der Waals surface area contributed by atoms with Crippen LogP contribution < -0.4 is 4.90 Å². The molecular weight excluding hydrogens is 282 g/mol. The number of rotatable bonds is 4. The number of aromatic amines is 1. The molecule has 2 heterocycles. The maximum absolute atomic E-state index is 5.42. The Morgan fingerprint density at radius 3 is 2.81 bits per heavy atom. The molecule has 1 unspecified atom stereocenters. The maximum atomic E-state index is 5.42. The van der Waals surface area contributed by atoms with Gasteiger partial charge in [-0.25, -0.2) is 5.10 Å². The molecule has 5 nitrogen and oxygen atoms in total. The van der Waals surface area contributed by atoms with Crippen molar-refractivity contribution in [1.82, 2.24) is 19.7 Å². The van der Waals surface area contributed by atoms with Gasteiger partial charge in [-0.15, -0.1) is 5.10 Å². The normalized spacial score (nSPS) is 18.6. The van der Waals surface area contributed by atoms with Crippen LogP contribution in [0.25, 0.3) is 5.69 Å². The summed E-state index contributed by atoms with van der Waals surface area (Å²) in [6.45, 7) is 2.07. The van der Waals surface area contributed by atoms with Crippen LogP contribution in [-0.4, -0.2) is 52.9 Å². The van der Waals surface area contributed by atoms with Gasteiger partial charge in [0.25, 0.3) is 0 Å². The van der Waals surface area contributed by atoms with E-state index in [2.05, 4.69) is 46.2 Å². The highest BCUT2D eigenvalue weighted by Crippen LogP contribution is 2.26. The lowest BCUT2D eigenvalue weighted by Crippen LogP contribution is -2.38. The van der Waals surface area contributed by atoms with Gasteiger partial charge in [0, 0.05) is 19.1 Å². The number of aromatic nitrogens is 3. The number of anilines is 1. The molecule has 0 amide bonds. The van der Waals surface area contributed by atoms with Crippen LogP contribution in [0.2, 0.25) is 0 Å². The number of benzene rings is 1. The lowest BCUT2D eigenvalue weighted by molar-refractivity contribution is 0.370. The van der Waals surface area contributed by atoms with Gasteiger partial charge in [0.15, 0.2) is 0 Å². The molecule has 0 radical (unpaired) electrons. The largest absolute Gasteiger partial charge is 0.336 e. The first-order valence-electron chi connectivity index (χ1n) is 7.31. The van der Waals surface area contributed by atoms with Crippen LogP contribution in [0.4, 0.5) is 5.95 Å². The highest BCUT2D eigenvalue weighted by Gasteiger charge is 2.29. The van der Waals surface area contributed by atoms with Crippen molar-refractivity contribution >= 4 is 18.2 Å². The van der Waals surface area contributed by atoms with E-state index >= 15 is 0 Å². The molecule has 112 valence electrons. The quantitative estimate of drug-likeness (QED) is 0.881. The second-order valence-electron chi connectivity index (χ2n) is 5.75. The lowest BCUT2D eigenvalue weighted by atomic mass is 10.2. The van der Waals surface area contributed by atoms with Crippen LogP contribution in [0.15, 0.2) is 30.3 Å². The minimum absolute atomic E-state index is 0.493. The van der Waals surface area contributed by atoms with Gasteiger partial charge in [0.1, 0.15) is 0 Å². The Morgan fingerprint density at radius 1 is 1.33 bits per heavy atom. The van der Waals surface area contributed by atoms with Crippen molar-refractivity contribution in [3.8, 4) is 5.69 Å². The summed E-state index contributed by atoms with van der Waals surface area (Å²) in [6, 6.07) is 10.7. The van der Waals surface area contributed by atoms with Crippen LogP contribution >= 0.6 is 12.2 Å². The highest BCUT2D eigenvalue weighted by atomic mass is 32.1. The van der Waals surface area contributed by atoms with Gasteiger partial charge in [0.05, 0.1) is 5.69 Å². The first-order valence-corrected chi connectivity index (χ1v) is 7.72. The summed E-state index contributed by atoms with van der Waals surface area (Å²) in [6.07, 6.45) is 2.40. The Kier molecular flexibility index (Phi) is 4.07. The highest BCUT2D eigenvalue weighted by molar-refractivity contribution is 7.71. The fraction of sp³-hybridized carbons (Fsp3) is 0.467. The molecule has 1 aliphatic heterocycles. The third-order valence-corrected chi connectivity index (χ3v) is 4.15. The zero-order chi connectivity index (χ0) is 14.8. The number of H-pyrrole nitrogens is 1. The Balaban J connectivity index is 1.98. The molecule has 1 aromatic heterocycles. The Labute approximate surface area is 130 Å². The number of hydrogen-bond donors (Lipinski definition) is 1. The third-order valence-electron chi connectivity index (χ3n) is 3.88. The molecule has 1 aliphatic rings. The summed E-state index contributed by atoms with van der Waals surface area (Å²) in [5.41, 5.74) is 1.06. The van der Waals surface area contributed by atoms with Crippen molar-refractivity contribution in [1.29, 1.82) is 0 Å². The topological polar surface area (TPSA) is 40.1 Å². The van der Waals surface area contributed by atoms with Crippen molar-refractivity contribution in [3.63, 3.8) is 0 Å². The van der Waals surface area contributed by atoms with Crippen molar-refractivity contribution in [2.75, 3.05) is 32.1 Å². The van der Waals surface area contributed by atoms with E-state index in [1.165, 1.54) is 12.8 Å². The Morgan fingerprint density at radius 2 is 2.10 bits per heavy atom. The molecule has 1 fully saturated rings. The average molecular weight is 303 g/mol. The third kappa shape index (κ3) is 2.87. The summed E-state index contributed by atoms with van der Waals surface area (Å²) in [5.74, 6) is 0.926. The van der Waals surface area contributed by atoms with E-state index in [4.69, 9.17) is 12.2 Å². The molecule has 21 heavy (non-hydrogen) atoms. The van der Waals surface area contributed by atoms with E-state index in [-0.39, 0.29) is 0 Å². The van der Waals surface area contributed by atoms with Crippen molar-refractivity contribution < 1.29 is 0 Å². The molecule has 1 atom stereocenters.